The topological polar surface area (TPSA) is 102 Å². The summed E-state index contributed by atoms with van der Waals surface area (Å²) in [5.41, 5.74) is 18.6. The van der Waals surface area contributed by atoms with E-state index >= 15 is 0 Å². The number of nitrogen functional groups attached to an aromatic ring is 1. The minimum atomic E-state index is -0.298. The average Bonchev–Trinajstić information content (AvgIpc) is 2.17. The third-order valence-corrected chi connectivity index (χ3v) is 1.87. The number of benzene rings is 1. The van der Waals surface area contributed by atoms with Crippen LogP contribution >= 0.6 is 0 Å². The molecule has 1 aromatic carbocycles. The molecule has 0 heterocycles. The zero-order valence-corrected chi connectivity index (χ0v) is 7.20. The Morgan fingerprint density at radius 3 is 2.69 bits per heavy atom. The first-order chi connectivity index (χ1) is 6.19. The monoisotopic (exact) mass is 176 g/mol. The second kappa shape index (κ2) is 3.90. The Hall–Kier alpha value is -1.57. The SMILES string of the molecule is N#Cc1ccc(N)c(C(N)CN)c1. The summed E-state index contributed by atoms with van der Waals surface area (Å²) in [6.45, 7) is 0.319. The summed E-state index contributed by atoms with van der Waals surface area (Å²) in [6, 6.07) is 6.72. The van der Waals surface area contributed by atoms with Crippen molar-refractivity contribution in [3.63, 3.8) is 0 Å². The van der Waals surface area contributed by atoms with E-state index in [9.17, 15) is 0 Å². The molecule has 68 valence electrons. The molecular weight excluding hydrogens is 164 g/mol. The van der Waals surface area contributed by atoms with Crippen LogP contribution in [0.5, 0.6) is 0 Å². The number of anilines is 1. The minimum absolute atomic E-state index is 0.298. The molecule has 0 radical (unpaired) electrons. The molecule has 4 nitrogen and oxygen atoms in total. The van der Waals surface area contributed by atoms with E-state index in [1.54, 1.807) is 18.2 Å². The molecule has 0 aromatic heterocycles. The molecule has 1 aromatic rings. The zero-order chi connectivity index (χ0) is 9.84. The van der Waals surface area contributed by atoms with Gasteiger partial charge in [-0.2, -0.15) is 5.26 Å². The van der Waals surface area contributed by atoms with Crippen molar-refractivity contribution in [3.05, 3.63) is 29.3 Å². The maximum atomic E-state index is 8.64. The van der Waals surface area contributed by atoms with Crippen LogP contribution in [0.1, 0.15) is 17.2 Å². The van der Waals surface area contributed by atoms with Gasteiger partial charge in [0.15, 0.2) is 0 Å². The first-order valence-electron chi connectivity index (χ1n) is 3.94. The molecule has 0 saturated heterocycles. The zero-order valence-electron chi connectivity index (χ0n) is 7.20. The number of hydrogen-bond donors (Lipinski definition) is 3. The fraction of sp³-hybridized carbons (Fsp3) is 0.222. The van der Waals surface area contributed by atoms with Gasteiger partial charge in [0.2, 0.25) is 0 Å². The van der Waals surface area contributed by atoms with Crippen LogP contribution in [-0.2, 0) is 0 Å². The first kappa shape index (κ1) is 9.52. The lowest BCUT2D eigenvalue weighted by molar-refractivity contribution is 0.739. The van der Waals surface area contributed by atoms with Gasteiger partial charge in [-0.1, -0.05) is 0 Å². The predicted octanol–water partition coefficient (Wildman–Crippen LogP) is 0.0990. The van der Waals surface area contributed by atoms with E-state index in [2.05, 4.69) is 0 Å². The smallest absolute Gasteiger partial charge is 0.0991 e. The average molecular weight is 176 g/mol. The van der Waals surface area contributed by atoms with Gasteiger partial charge in [-0.05, 0) is 23.8 Å². The molecule has 6 N–H and O–H groups in total. The summed E-state index contributed by atoms with van der Waals surface area (Å²) >= 11 is 0. The van der Waals surface area contributed by atoms with Gasteiger partial charge in [-0.15, -0.1) is 0 Å². The maximum Gasteiger partial charge on any atom is 0.0991 e. The quantitative estimate of drug-likeness (QED) is 0.556. The summed E-state index contributed by atoms with van der Waals surface area (Å²) in [6.07, 6.45) is 0. The van der Waals surface area contributed by atoms with E-state index < -0.39 is 0 Å². The number of nitrogens with zero attached hydrogens (tertiary/aromatic N) is 1. The van der Waals surface area contributed by atoms with Crippen molar-refractivity contribution in [2.45, 2.75) is 6.04 Å². The van der Waals surface area contributed by atoms with Gasteiger partial charge in [-0.25, -0.2) is 0 Å². The van der Waals surface area contributed by atoms with E-state index in [1.807, 2.05) is 6.07 Å². The molecule has 0 aliphatic heterocycles. The molecule has 0 aliphatic carbocycles. The van der Waals surface area contributed by atoms with E-state index in [-0.39, 0.29) is 6.04 Å². The summed E-state index contributed by atoms with van der Waals surface area (Å²) < 4.78 is 0. The highest BCUT2D eigenvalue weighted by Crippen LogP contribution is 2.19. The predicted molar refractivity (Wildman–Crippen MR) is 51.6 cm³/mol. The van der Waals surface area contributed by atoms with Crippen LogP contribution < -0.4 is 17.2 Å². The molecule has 0 bridgehead atoms. The van der Waals surface area contributed by atoms with Crippen molar-refractivity contribution in [1.29, 1.82) is 5.26 Å². The second-order valence-electron chi connectivity index (χ2n) is 2.80. The van der Waals surface area contributed by atoms with Crippen LogP contribution in [0.3, 0.4) is 0 Å². The van der Waals surface area contributed by atoms with Gasteiger partial charge in [0.05, 0.1) is 11.6 Å². The third kappa shape index (κ3) is 1.96. The number of nitrogens with two attached hydrogens (primary N) is 3. The van der Waals surface area contributed by atoms with Crippen molar-refractivity contribution in [1.82, 2.24) is 0 Å². The largest absolute Gasteiger partial charge is 0.398 e. The van der Waals surface area contributed by atoms with Crippen LogP contribution in [0.25, 0.3) is 0 Å². The summed E-state index contributed by atoms with van der Waals surface area (Å²) in [7, 11) is 0. The molecule has 0 amide bonds. The molecular formula is C9H12N4. The van der Waals surface area contributed by atoms with Crippen LogP contribution in [0.15, 0.2) is 18.2 Å². The normalized spacial score (nSPS) is 12.1. The van der Waals surface area contributed by atoms with Crippen molar-refractivity contribution >= 4 is 5.69 Å². The van der Waals surface area contributed by atoms with Crippen molar-refractivity contribution < 1.29 is 0 Å². The fourth-order valence-corrected chi connectivity index (χ4v) is 1.09. The Bertz CT molecular complexity index is 340. The Morgan fingerprint density at radius 1 is 1.46 bits per heavy atom. The van der Waals surface area contributed by atoms with Gasteiger partial charge in [0.25, 0.3) is 0 Å². The maximum absolute atomic E-state index is 8.64. The standard InChI is InChI=1S/C9H12N4/c10-4-6-1-2-8(12)7(3-6)9(13)5-11/h1-3,9H,5,11-13H2. The Labute approximate surface area is 76.9 Å². The minimum Gasteiger partial charge on any atom is -0.398 e. The number of hydrogen-bond acceptors (Lipinski definition) is 4. The van der Waals surface area contributed by atoms with E-state index in [0.717, 1.165) is 5.56 Å². The lowest BCUT2D eigenvalue weighted by atomic mass is 10.0. The molecule has 1 unspecified atom stereocenters. The first-order valence-corrected chi connectivity index (χ1v) is 3.94. The van der Waals surface area contributed by atoms with E-state index in [1.165, 1.54) is 0 Å². The Balaban J connectivity index is 3.12. The molecule has 0 fully saturated rings. The Morgan fingerprint density at radius 2 is 2.15 bits per heavy atom. The summed E-state index contributed by atoms with van der Waals surface area (Å²) in [5, 5.41) is 8.64. The lowest BCUT2D eigenvalue weighted by Crippen LogP contribution is -2.21. The molecule has 0 saturated carbocycles. The van der Waals surface area contributed by atoms with Crippen LogP contribution in [0, 0.1) is 11.3 Å². The molecule has 0 aliphatic rings. The van der Waals surface area contributed by atoms with Gasteiger partial charge in [-0.3, -0.25) is 0 Å². The van der Waals surface area contributed by atoms with Gasteiger partial charge >= 0.3 is 0 Å². The van der Waals surface area contributed by atoms with Gasteiger partial charge in [0, 0.05) is 18.3 Å². The molecule has 0 spiro atoms. The summed E-state index contributed by atoms with van der Waals surface area (Å²) in [4.78, 5) is 0. The second-order valence-corrected chi connectivity index (χ2v) is 2.80. The van der Waals surface area contributed by atoms with Crippen molar-refractivity contribution in [2.75, 3.05) is 12.3 Å². The van der Waals surface area contributed by atoms with Crippen LogP contribution in [0.4, 0.5) is 5.69 Å². The highest BCUT2D eigenvalue weighted by atomic mass is 14.7. The van der Waals surface area contributed by atoms with Gasteiger partial charge in [0.1, 0.15) is 0 Å². The van der Waals surface area contributed by atoms with E-state index in [0.29, 0.717) is 17.8 Å². The molecule has 13 heavy (non-hydrogen) atoms. The van der Waals surface area contributed by atoms with Crippen molar-refractivity contribution in [2.24, 2.45) is 11.5 Å². The third-order valence-electron chi connectivity index (χ3n) is 1.87. The van der Waals surface area contributed by atoms with Crippen molar-refractivity contribution in [3.8, 4) is 6.07 Å². The fourth-order valence-electron chi connectivity index (χ4n) is 1.09. The lowest BCUT2D eigenvalue weighted by Gasteiger charge is -2.11. The molecule has 1 rings (SSSR count). The number of rotatable bonds is 2. The molecule has 1 atom stereocenters. The van der Waals surface area contributed by atoms with Crippen LogP contribution in [0.2, 0.25) is 0 Å². The van der Waals surface area contributed by atoms with Crippen LogP contribution in [-0.4, -0.2) is 6.54 Å². The van der Waals surface area contributed by atoms with Gasteiger partial charge < -0.3 is 17.2 Å². The highest BCUT2D eigenvalue weighted by molar-refractivity contribution is 5.52. The van der Waals surface area contributed by atoms with E-state index in [4.69, 9.17) is 22.5 Å². The summed E-state index contributed by atoms with van der Waals surface area (Å²) in [5.74, 6) is 0. The molecule has 4 heteroatoms. The Kier molecular flexibility index (Phi) is 2.85. The highest BCUT2D eigenvalue weighted by Gasteiger charge is 2.08. The number of nitriles is 1.